The molecular formula is C19H23FN2O2. The third-order valence-corrected chi connectivity index (χ3v) is 3.86. The third kappa shape index (κ3) is 5.06. The second kappa shape index (κ2) is 9.03. The summed E-state index contributed by atoms with van der Waals surface area (Å²) in [5.41, 5.74) is 1.46. The summed E-state index contributed by atoms with van der Waals surface area (Å²) in [6.07, 6.45) is 1.23. The van der Waals surface area contributed by atoms with Crippen molar-refractivity contribution >= 4 is 6.03 Å². The van der Waals surface area contributed by atoms with E-state index in [-0.39, 0.29) is 31.0 Å². The van der Waals surface area contributed by atoms with Gasteiger partial charge in [0.05, 0.1) is 6.04 Å². The zero-order valence-electron chi connectivity index (χ0n) is 13.8. The molecule has 0 aliphatic carbocycles. The van der Waals surface area contributed by atoms with Gasteiger partial charge in [0.1, 0.15) is 5.82 Å². The Balaban J connectivity index is 2.02. The first-order chi connectivity index (χ1) is 11.6. The predicted molar refractivity (Wildman–Crippen MR) is 91.9 cm³/mol. The maximum atomic E-state index is 13.7. The van der Waals surface area contributed by atoms with E-state index in [1.54, 1.807) is 25.2 Å². The first kappa shape index (κ1) is 17.9. The van der Waals surface area contributed by atoms with Crippen LogP contribution in [0.15, 0.2) is 54.6 Å². The maximum absolute atomic E-state index is 13.7. The van der Waals surface area contributed by atoms with E-state index in [1.165, 1.54) is 11.0 Å². The van der Waals surface area contributed by atoms with Crippen LogP contribution in [0.25, 0.3) is 0 Å². The van der Waals surface area contributed by atoms with Crippen molar-refractivity contribution in [2.24, 2.45) is 0 Å². The normalized spacial score (nSPS) is 11.8. The quantitative estimate of drug-likeness (QED) is 0.816. The van der Waals surface area contributed by atoms with E-state index in [1.807, 2.05) is 30.3 Å². The largest absolute Gasteiger partial charge is 0.396 e. The van der Waals surface area contributed by atoms with E-state index >= 15 is 0 Å². The number of benzene rings is 2. The number of rotatable bonds is 7. The molecule has 0 saturated heterocycles. The van der Waals surface area contributed by atoms with E-state index in [2.05, 4.69) is 5.32 Å². The number of halogens is 1. The van der Waals surface area contributed by atoms with Crippen molar-refractivity contribution in [2.75, 3.05) is 13.7 Å². The number of carbonyl (C=O) groups excluding carboxylic acids is 1. The lowest BCUT2D eigenvalue weighted by Gasteiger charge is -2.24. The summed E-state index contributed by atoms with van der Waals surface area (Å²) in [5.74, 6) is -0.322. The lowest BCUT2D eigenvalue weighted by molar-refractivity contribution is 0.199. The Hall–Kier alpha value is -2.40. The Morgan fingerprint density at radius 2 is 1.83 bits per heavy atom. The van der Waals surface area contributed by atoms with Crippen molar-refractivity contribution in [3.63, 3.8) is 0 Å². The topological polar surface area (TPSA) is 52.6 Å². The maximum Gasteiger partial charge on any atom is 0.317 e. The molecule has 2 aromatic rings. The smallest absolute Gasteiger partial charge is 0.317 e. The minimum Gasteiger partial charge on any atom is -0.396 e. The molecule has 5 heteroatoms. The molecule has 24 heavy (non-hydrogen) atoms. The molecule has 2 rings (SSSR count). The van der Waals surface area contributed by atoms with Crippen LogP contribution < -0.4 is 5.32 Å². The van der Waals surface area contributed by atoms with Gasteiger partial charge in [-0.2, -0.15) is 0 Å². The van der Waals surface area contributed by atoms with Crippen LogP contribution in [0.5, 0.6) is 0 Å². The van der Waals surface area contributed by atoms with Gasteiger partial charge >= 0.3 is 6.03 Å². The summed E-state index contributed by atoms with van der Waals surface area (Å²) in [6, 6.07) is 15.6. The molecule has 0 heterocycles. The lowest BCUT2D eigenvalue weighted by atomic mass is 10.0. The summed E-state index contributed by atoms with van der Waals surface area (Å²) in [7, 11) is 1.63. The molecule has 0 bridgehead atoms. The van der Waals surface area contributed by atoms with E-state index in [4.69, 9.17) is 5.11 Å². The average molecular weight is 330 g/mol. The predicted octanol–water partition coefficient (Wildman–Crippen LogP) is 3.48. The molecule has 0 spiro atoms. The number of aliphatic hydroxyl groups excluding tert-OH is 1. The number of carbonyl (C=O) groups is 1. The summed E-state index contributed by atoms with van der Waals surface area (Å²) < 4.78 is 13.7. The highest BCUT2D eigenvalue weighted by atomic mass is 19.1. The van der Waals surface area contributed by atoms with Crippen LogP contribution >= 0.6 is 0 Å². The van der Waals surface area contributed by atoms with E-state index in [0.717, 1.165) is 5.56 Å². The van der Waals surface area contributed by atoms with Crippen LogP contribution in [0, 0.1) is 5.82 Å². The second-order valence-corrected chi connectivity index (χ2v) is 5.73. The van der Waals surface area contributed by atoms with Crippen LogP contribution in [0.3, 0.4) is 0 Å². The molecular weight excluding hydrogens is 307 g/mol. The fourth-order valence-electron chi connectivity index (χ4n) is 2.52. The van der Waals surface area contributed by atoms with Gasteiger partial charge in [-0.05, 0) is 24.5 Å². The van der Waals surface area contributed by atoms with Crippen molar-refractivity contribution in [2.45, 2.75) is 25.4 Å². The highest BCUT2D eigenvalue weighted by Crippen LogP contribution is 2.19. The molecule has 2 N–H and O–H groups in total. The van der Waals surface area contributed by atoms with Gasteiger partial charge in [-0.25, -0.2) is 9.18 Å². The molecule has 1 unspecified atom stereocenters. The Morgan fingerprint density at radius 1 is 1.17 bits per heavy atom. The van der Waals surface area contributed by atoms with Crippen LogP contribution in [0.4, 0.5) is 9.18 Å². The molecule has 2 aromatic carbocycles. The van der Waals surface area contributed by atoms with Gasteiger partial charge in [-0.3, -0.25) is 0 Å². The van der Waals surface area contributed by atoms with Crippen LogP contribution in [-0.4, -0.2) is 29.7 Å². The van der Waals surface area contributed by atoms with Crippen LogP contribution in [0.1, 0.15) is 30.0 Å². The minimum atomic E-state index is -0.322. The highest BCUT2D eigenvalue weighted by Gasteiger charge is 2.17. The summed E-state index contributed by atoms with van der Waals surface area (Å²) in [5, 5.41) is 12.0. The standard InChI is InChI=1S/C19H23FN2O2/c1-22(14-16-10-5-6-11-17(16)20)19(24)21-18(12-7-13-23)15-8-3-2-4-9-15/h2-6,8-11,18,23H,7,12-14H2,1H3,(H,21,24). The zero-order chi connectivity index (χ0) is 17.4. The number of aliphatic hydroxyl groups is 1. The molecule has 1 atom stereocenters. The molecule has 128 valence electrons. The molecule has 0 aromatic heterocycles. The van der Waals surface area contributed by atoms with Gasteiger partial charge in [-0.15, -0.1) is 0 Å². The third-order valence-electron chi connectivity index (χ3n) is 3.86. The Morgan fingerprint density at radius 3 is 2.50 bits per heavy atom. The van der Waals surface area contributed by atoms with Gasteiger partial charge < -0.3 is 15.3 Å². The van der Waals surface area contributed by atoms with Gasteiger partial charge in [0.15, 0.2) is 0 Å². The van der Waals surface area contributed by atoms with Crippen molar-refractivity contribution in [1.29, 1.82) is 0 Å². The average Bonchev–Trinajstić information content (AvgIpc) is 2.61. The Bertz CT molecular complexity index is 649. The van der Waals surface area contributed by atoms with Gasteiger partial charge in [-0.1, -0.05) is 48.5 Å². The van der Waals surface area contributed by atoms with Crippen molar-refractivity contribution in [3.8, 4) is 0 Å². The van der Waals surface area contributed by atoms with Crippen molar-refractivity contribution in [1.82, 2.24) is 10.2 Å². The molecule has 4 nitrogen and oxygen atoms in total. The van der Waals surface area contributed by atoms with E-state index < -0.39 is 0 Å². The van der Waals surface area contributed by atoms with Gasteiger partial charge in [0.25, 0.3) is 0 Å². The highest BCUT2D eigenvalue weighted by molar-refractivity contribution is 5.74. The molecule has 2 amide bonds. The summed E-state index contributed by atoms with van der Waals surface area (Å²) in [4.78, 5) is 13.9. The van der Waals surface area contributed by atoms with Crippen LogP contribution in [0.2, 0.25) is 0 Å². The summed E-state index contributed by atoms with van der Waals surface area (Å²) >= 11 is 0. The SMILES string of the molecule is CN(Cc1ccccc1F)C(=O)NC(CCCO)c1ccccc1. The Kier molecular flexibility index (Phi) is 6.75. The fraction of sp³-hybridized carbons (Fsp3) is 0.316. The number of hydrogen-bond donors (Lipinski definition) is 2. The lowest BCUT2D eigenvalue weighted by Crippen LogP contribution is -2.39. The molecule has 0 fully saturated rings. The van der Waals surface area contributed by atoms with Crippen molar-refractivity contribution < 1.29 is 14.3 Å². The van der Waals surface area contributed by atoms with Gasteiger partial charge in [0, 0.05) is 25.8 Å². The zero-order valence-corrected chi connectivity index (χ0v) is 13.8. The number of amides is 2. The first-order valence-corrected chi connectivity index (χ1v) is 8.02. The Labute approximate surface area is 141 Å². The molecule has 0 radical (unpaired) electrons. The van der Waals surface area contributed by atoms with E-state index in [9.17, 15) is 9.18 Å². The molecule has 0 aliphatic heterocycles. The minimum absolute atomic E-state index is 0.0737. The number of hydrogen-bond acceptors (Lipinski definition) is 2. The summed E-state index contributed by atoms with van der Waals surface area (Å²) in [6.45, 7) is 0.268. The fourth-order valence-corrected chi connectivity index (χ4v) is 2.52. The molecule has 0 aliphatic rings. The van der Waals surface area contributed by atoms with Crippen molar-refractivity contribution in [3.05, 3.63) is 71.5 Å². The monoisotopic (exact) mass is 330 g/mol. The van der Waals surface area contributed by atoms with Crippen LogP contribution in [-0.2, 0) is 6.54 Å². The molecule has 0 saturated carbocycles. The second-order valence-electron chi connectivity index (χ2n) is 5.73. The van der Waals surface area contributed by atoms with E-state index in [0.29, 0.717) is 18.4 Å². The number of nitrogens with zero attached hydrogens (tertiary/aromatic N) is 1. The first-order valence-electron chi connectivity index (χ1n) is 8.02. The van der Waals surface area contributed by atoms with Gasteiger partial charge in [0.2, 0.25) is 0 Å². The number of nitrogens with one attached hydrogen (secondary N) is 1. The number of urea groups is 1.